The van der Waals surface area contributed by atoms with Crippen molar-refractivity contribution in [2.24, 2.45) is 0 Å². The van der Waals surface area contributed by atoms with E-state index in [0.717, 1.165) is 0 Å². The molecule has 0 aliphatic rings. The molecular weight excluding hydrogens is 264 g/mol. The molecule has 2 aromatic rings. The van der Waals surface area contributed by atoms with Gasteiger partial charge in [-0.15, -0.1) is 11.3 Å². The fourth-order valence-corrected chi connectivity index (χ4v) is 2.40. The topological polar surface area (TPSA) is 84.6 Å². The standard InChI is InChI=1S/C13H14N2O3S/c1-18-11-4-5-19-12(11)13(17)15-7-8-6-9(14)2-3-10(8)16/h2-6,16H,7,14H2,1H3,(H,15,17). The number of hydrogen-bond acceptors (Lipinski definition) is 5. The molecule has 0 saturated heterocycles. The first-order chi connectivity index (χ1) is 9.11. The fourth-order valence-electron chi connectivity index (χ4n) is 1.63. The van der Waals surface area contributed by atoms with E-state index in [9.17, 15) is 9.90 Å². The van der Waals surface area contributed by atoms with E-state index in [4.69, 9.17) is 10.5 Å². The average molecular weight is 278 g/mol. The van der Waals surface area contributed by atoms with Crippen LogP contribution in [0, 0.1) is 0 Å². The third kappa shape index (κ3) is 2.97. The smallest absolute Gasteiger partial charge is 0.265 e. The van der Waals surface area contributed by atoms with Gasteiger partial charge in [0.05, 0.1) is 7.11 Å². The second-order valence-corrected chi connectivity index (χ2v) is 4.81. The molecule has 6 heteroatoms. The van der Waals surface area contributed by atoms with Gasteiger partial charge in [-0.1, -0.05) is 0 Å². The van der Waals surface area contributed by atoms with Crippen LogP contribution in [0.1, 0.15) is 15.2 Å². The van der Waals surface area contributed by atoms with Crippen LogP contribution in [0.2, 0.25) is 0 Å². The van der Waals surface area contributed by atoms with Crippen molar-refractivity contribution in [3.63, 3.8) is 0 Å². The summed E-state index contributed by atoms with van der Waals surface area (Å²) in [5.74, 6) is 0.403. The lowest BCUT2D eigenvalue weighted by Gasteiger charge is -2.08. The van der Waals surface area contributed by atoms with Crippen LogP contribution in [0.25, 0.3) is 0 Å². The number of aromatic hydroxyl groups is 1. The van der Waals surface area contributed by atoms with Gasteiger partial charge in [0.2, 0.25) is 0 Å². The van der Waals surface area contributed by atoms with Gasteiger partial charge in [-0.25, -0.2) is 0 Å². The van der Waals surface area contributed by atoms with Crippen molar-refractivity contribution in [3.05, 3.63) is 40.1 Å². The molecule has 5 nitrogen and oxygen atoms in total. The number of benzene rings is 1. The SMILES string of the molecule is COc1ccsc1C(=O)NCc1cc(N)ccc1O. The Morgan fingerprint density at radius 1 is 1.47 bits per heavy atom. The van der Waals surface area contributed by atoms with Crippen LogP contribution in [-0.4, -0.2) is 18.1 Å². The number of methoxy groups -OCH3 is 1. The molecule has 0 aliphatic heterocycles. The number of rotatable bonds is 4. The van der Waals surface area contributed by atoms with Gasteiger partial charge in [0.1, 0.15) is 16.4 Å². The molecule has 0 spiro atoms. The molecule has 1 amide bonds. The monoisotopic (exact) mass is 278 g/mol. The van der Waals surface area contributed by atoms with Crippen LogP contribution >= 0.6 is 11.3 Å². The predicted molar refractivity (Wildman–Crippen MR) is 74.6 cm³/mol. The van der Waals surface area contributed by atoms with Crippen LogP contribution in [0.5, 0.6) is 11.5 Å². The average Bonchev–Trinajstić information content (AvgIpc) is 2.88. The van der Waals surface area contributed by atoms with Crippen molar-refractivity contribution in [1.82, 2.24) is 5.32 Å². The van der Waals surface area contributed by atoms with Crippen molar-refractivity contribution < 1.29 is 14.6 Å². The van der Waals surface area contributed by atoms with E-state index >= 15 is 0 Å². The lowest BCUT2D eigenvalue weighted by atomic mass is 10.2. The van der Waals surface area contributed by atoms with Gasteiger partial charge in [0, 0.05) is 17.8 Å². The highest BCUT2D eigenvalue weighted by molar-refractivity contribution is 7.12. The Kier molecular flexibility index (Phi) is 3.91. The summed E-state index contributed by atoms with van der Waals surface area (Å²) in [6, 6.07) is 6.46. The zero-order valence-electron chi connectivity index (χ0n) is 10.3. The van der Waals surface area contributed by atoms with E-state index in [1.54, 1.807) is 23.6 Å². The first-order valence-electron chi connectivity index (χ1n) is 5.59. The first-order valence-corrected chi connectivity index (χ1v) is 6.47. The Hall–Kier alpha value is -2.21. The van der Waals surface area contributed by atoms with E-state index in [-0.39, 0.29) is 18.2 Å². The first kappa shape index (κ1) is 13.2. The highest BCUT2D eigenvalue weighted by Gasteiger charge is 2.14. The van der Waals surface area contributed by atoms with Gasteiger partial charge >= 0.3 is 0 Å². The molecule has 1 heterocycles. The molecule has 1 aromatic heterocycles. The molecule has 2 rings (SSSR count). The molecule has 0 fully saturated rings. The van der Waals surface area contributed by atoms with Gasteiger partial charge in [0.25, 0.3) is 5.91 Å². The van der Waals surface area contributed by atoms with Gasteiger partial charge in [-0.05, 0) is 29.6 Å². The number of amides is 1. The molecule has 0 aliphatic carbocycles. The maximum Gasteiger partial charge on any atom is 0.265 e. The number of nitrogens with one attached hydrogen (secondary N) is 1. The summed E-state index contributed by atoms with van der Waals surface area (Å²) in [4.78, 5) is 12.5. The van der Waals surface area contributed by atoms with Crippen molar-refractivity contribution in [1.29, 1.82) is 0 Å². The lowest BCUT2D eigenvalue weighted by Crippen LogP contribution is -2.22. The molecule has 0 radical (unpaired) electrons. The maximum atomic E-state index is 12.0. The molecule has 0 bridgehead atoms. The molecule has 100 valence electrons. The number of hydrogen-bond donors (Lipinski definition) is 3. The van der Waals surface area contributed by atoms with E-state index in [0.29, 0.717) is 21.9 Å². The lowest BCUT2D eigenvalue weighted by molar-refractivity contribution is 0.0952. The van der Waals surface area contributed by atoms with E-state index in [1.165, 1.54) is 24.5 Å². The summed E-state index contributed by atoms with van der Waals surface area (Å²) in [7, 11) is 1.52. The van der Waals surface area contributed by atoms with Crippen molar-refractivity contribution in [3.8, 4) is 11.5 Å². The van der Waals surface area contributed by atoms with Gasteiger partial charge < -0.3 is 20.9 Å². The highest BCUT2D eigenvalue weighted by atomic mass is 32.1. The van der Waals surface area contributed by atoms with Crippen LogP contribution < -0.4 is 15.8 Å². The van der Waals surface area contributed by atoms with E-state index < -0.39 is 0 Å². The van der Waals surface area contributed by atoms with Crippen molar-refractivity contribution in [2.75, 3.05) is 12.8 Å². The molecule has 0 unspecified atom stereocenters. The number of nitrogen functional groups attached to an aromatic ring is 1. The number of nitrogens with two attached hydrogens (primary N) is 1. The largest absolute Gasteiger partial charge is 0.508 e. The number of anilines is 1. The molecule has 19 heavy (non-hydrogen) atoms. The number of thiophene rings is 1. The second-order valence-electron chi connectivity index (χ2n) is 3.89. The van der Waals surface area contributed by atoms with E-state index in [2.05, 4.69) is 5.32 Å². The Morgan fingerprint density at radius 2 is 2.26 bits per heavy atom. The fraction of sp³-hybridized carbons (Fsp3) is 0.154. The summed E-state index contributed by atoms with van der Waals surface area (Å²) in [5.41, 5.74) is 6.74. The number of carbonyl (C=O) groups is 1. The third-order valence-electron chi connectivity index (χ3n) is 2.60. The Morgan fingerprint density at radius 3 is 3.00 bits per heavy atom. The zero-order chi connectivity index (χ0) is 13.8. The van der Waals surface area contributed by atoms with Crippen molar-refractivity contribution >= 4 is 22.9 Å². The number of carbonyl (C=O) groups excluding carboxylic acids is 1. The number of ether oxygens (including phenoxy) is 1. The summed E-state index contributed by atoms with van der Waals surface area (Å²) in [5, 5.41) is 14.2. The van der Waals surface area contributed by atoms with Crippen LogP contribution in [0.3, 0.4) is 0 Å². The van der Waals surface area contributed by atoms with Crippen LogP contribution in [0.4, 0.5) is 5.69 Å². The number of phenolic OH excluding ortho intramolecular Hbond substituents is 1. The zero-order valence-corrected chi connectivity index (χ0v) is 11.2. The Balaban J connectivity index is 2.06. The minimum absolute atomic E-state index is 0.104. The summed E-state index contributed by atoms with van der Waals surface area (Å²) >= 11 is 1.30. The molecule has 0 saturated carbocycles. The molecule has 1 aromatic carbocycles. The predicted octanol–water partition coefficient (Wildman–Crippen LogP) is 1.97. The third-order valence-corrected chi connectivity index (χ3v) is 3.49. The number of phenols is 1. The Labute approximate surface area is 114 Å². The summed E-state index contributed by atoms with van der Waals surface area (Å²) in [6.45, 7) is 0.205. The van der Waals surface area contributed by atoms with Crippen molar-refractivity contribution in [2.45, 2.75) is 6.54 Å². The summed E-state index contributed by atoms with van der Waals surface area (Å²) in [6.07, 6.45) is 0. The van der Waals surface area contributed by atoms with Gasteiger partial charge in [0.15, 0.2) is 0 Å². The second kappa shape index (κ2) is 5.62. The minimum Gasteiger partial charge on any atom is -0.508 e. The summed E-state index contributed by atoms with van der Waals surface area (Å²) < 4.78 is 5.08. The normalized spacial score (nSPS) is 10.2. The quantitative estimate of drug-likeness (QED) is 0.589. The van der Waals surface area contributed by atoms with Gasteiger partial charge in [-0.3, -0.25) is 4.79 Å². The minimum atomic E-state index is -0.242. The maximum absolute atomic E-state index is 12.0. The van der Waals surface area contributed by atoms with Crippen LogP contribution in [0.15, 0.2) is 29.6 Å². The molecular formula is C13H14N2O3S. The molecule has 4 N–H and O–H groups in total. The van der Waals surface area contributed by atoms with Crippen LogP contribution in [-0.2, 0) is 6.54 Å². The van der Waals surface area contributed by atoms with E-state index in [1.807, 2.05) is 0 Å². The Bertz CT molecular complexity index is 595. The molecule has 0 atom stereocenters. The highest BCUT2D eigenvalue weighted by Crippen LogP contribution is 2.25. The van der Waals surface area contributed by atoms with Gasteiger partial charge in [-0.2, -0.15) is 0 Å².